The van der Waals surface area contributed by atoms with Crippen LogP contribution in [-0.4, -0.2) is 49.5 Å². The molecule has 3 heterocycles. The Morgan fingerprint density at radius 1 is 1.24 bits per heavy atom. The van der Waals surface area contributed by atoms with Gasteiger partial charge in [0.15, 0.2) is 5.75 Å². The van der Waals surface area contributed by atoms with Crippen LogP contribution in [0.2, 0.25) is 0 Å². The maximum Gasteiger partial charge on any atom is 0.413 e. The van der Waals surface area contributed by atoms with Crippen molar-refractivity contribution in [1.82, 2.24) is 19.9 Å². The van der Waals surface area contributed by atoms with Crippen LogP contribution < -0.4 is 15.4 Å². The van der Waals surface area contributed by atoms with Gasteiger partial charge in [0, 0.05) is 30.2 Å². The van der Waals surface area contributed by atoms with E-state index in [0.29, 0.717) is 28.0 Å². The molecule has 2 aromatic rings. The number of carbonyl (C=O) groups excluding carboxylic acids is 1. The third-order valence-corrected chi connectivity index (χ3v) is 9.31. The molecule has 1 aliphatic rings. The van der Waals surface area contributed by atoms with Gasteiger partial charge >= 0.3 is 6.09 Å². The molecule has 0 aromatic carbocycles. The molecule has 182 valence electrons. The minimum Gasteiger partial charge on any atom is -0.407 e. The number of thiophene rings is 1. The number of aromatic amines is 1. The monoisotopic (exact) mass is 512 g/mol. The van der Waals surface area contributed by atoms with E-state index >= 15 is 0 Å². The number of carbonyl (C=O) groups is 1. The second-order valence-electron chi connectivity index (χ2n) is 8.02. The van der Waals surface area contributed by atoms with Gasteiger partial charge in [-0.25, -0.2) is 13.2 Å². The number of ether oxygens (including phenoxy) is 1. The van der Waals surface area contributed by atoms with Crippen molar-refractivity contribution >= 4 is 39.7 Å². The molecular weight excluding hydrogens is 480 g/mol. The van der Waals surface area contributed by atoms with Crippen LogP contribution in [0.15, 0.2) is 34.7 Å². The van der Waals surface area contributed by atoms with Crippen molar-refractivity contribution in [3.63, 3.8) is 0 Å². The number of sulfonamides is 1. The van der Waals surface area contributed by atoms with Crippen molar-refractivity contribution < 1.29 is 17.9 Å². The van der Waals surface area contributed by atoms with E-state index in [1.807, 2.05) is 0 Å². The molecule has 3 N–H and O–H groups in total. The van der Waals surface area contributed by atoms with Crippen LogP contribution in [0.4, 0.5) is 4.79 Å². The minimum atomic E-state index is -3.53. The molecule has 0 aliphatic carbocycles. The van der Waals surface area contributed by atoms with Crippen molar-refractivity contribution in [1.29, 1.82) is 0 Å². The summed E-state index contributed by atoms with van der Waals surface area (Å²) in [6.45, 7) is 4.41. The summed E-state index contributed by atoms with van der Waals surface area (Å²) in [5.41, 5.74) is 0. The summed E-state index contributed by atoms with van der Waals surface area (Å²) in [5, 5.41) is 6.19. The van der Waals surface area contributed by atoms with E-state index in [9.17, 15) is 13.2 Å². The molecule has 1 aliphatic heterocycles. The zero-order valence-electron chi connectivity index (χ0n) is 18.8. The number of nitrogens with zero attached hydrogens (tertiary/aromatic N) is 1. The van der Waals surface area contributed by atoms with Gasteiger partial charge in [0.25, 0.3) is 10.0 Å². The van der Waals surface area contributed by atoms with Crippen LogP contribution in [0.5, 0.6) is 5.75 Å². The lowest BCUT2D eigenvalue weighted by Crippen LogP contribution is -2.44. The van der Waals surface area contributed by atoms with Crippen molar-refractivity contribution in [2.75, 3.05) is 19.6 Å². The third-order valence-electron chi connectivity index (χ3n) is 5.54. The number of hydrogen-bond donors (Lipinski definition) is 3. The number of nitrogens with one attached hydrogen (secondary N) is 3. The number of rotatable bonds is 11. The van der Waals surface area contributed by atoms with Crippen molar-refractivity contribution in [3.05, 3.63) is 40.0 Å². The summed E-state index contributed by atoms with van der Waals surface area (Å²) < 4.78 is 33.5. The summed E-state index contributed by atoms with van der Waals surface area (Å²) in [6, 6.07) is 6.98. The molecule has 0 spiro atoms. The molecule has 1 saturated heterocycles. The van der Waals surface area contributed by atoms with Crippen LogP contribution in [0.3, 0.4) is 0 Å². The Labute approximate surface area is 204 Å². The lowest BCUT2D eigenvalue weighted by molar-refractivity contribution is 0.199. The first-order valence-corrected chi connectivity index (χ1v) is 14.0. The molecule has 1 amide bonds. The largest absolute Gasteiger partial charge is 0.413 e. The highest BCUT2D eigenvalue weighted by atomic mass is 32.2. The van der Waals surface area contributed by atoms with Crippen molar-refractivity contribution in [2.45, 2.75) is 62.2 Å². The van der Waals surface area contributed by atoms with Gasteiger partial charge in [-0.15, -0.1) is 11.3 Å². The summed E-state index contributed by atoms with van der Waals surface area (Å²) in [6.07, 6.45) is 7.54. The van der Waals surface area contributed by atoms with Gasteiger partial charge in [-0.1, -0.05) is 38.4 Å². The zero-order chi connectivity index (χ0) is 23.7. The number of amides is 1. The quantitative estimate of drug-likeness (QED) is 0.304. The maximum atomic E-state index is 13.0. The van der Waals surface area contributed by atoms with Crippen molar-refractivity contribution in [2.24, 2.45) is 0 Å². The van der Waals surface area contributed by atoms with E-state index in [1.54, 1.807) is 34.8 Å². The predicted octanol–water partition coefficient (Wildman–Crippen LogP) is 4.42. The topological polar surface area (TPSA) is 104 Å². The van der Waals surface area contributed by atoms with Gasteiger partial charge < -0.3 is 20.4 Å². The van der Waals surface area contributed by atoms with E-state index in [4.69, 9.17) is 17.0 Å². The van der Waals surface area contributed by atoms with Crippen LogP contribution >= 0.6 is 23.6 Å². The van der Waals surface area contributed by atoms with Gasteiger partial charge in [-0.2, -0.15) is 4.31 Å². The van der Waals surface area contributed by atoms with Crippen LogP contribution in [-0.2, 0) is 16.6 Å². The Morgan fingerprint density at radius 2 is 2.03 bits per heavy atom. The minimum absolute atomic E-state index is 0.173. The first-order valence-electron chi connectivity index (χ1n) is 11.4. The third kappa shape index (κ3) is 7.61. The average molecular weight is 513 g/mol. The fourth-order valence-corrected chi connectivity index (χ4v) is 6.76. The lowest BCUT2D eigenvalue weighted by atomic mass is 10.1. The second-order valence-corrected chi connectivity index (χ2v) is 11.8. The Hall–Kier alpha value is -1.79. The Balaban J connectivity index is 1.46. The molecule has 33 heavy (non-hydrogen) atoms. The smallest absolute Gasteiger partial charge is 0.407 e. The van der Waals surface area contributed by atoms with Gasteiger partial charge in [0.2, 0.25) is 0 Å². The fourth-order valence-electron chi connectivity index (χ4n) is 3.66. The summed E-state index contributed by atoms with van der Waals surface area (Å²) in [4.78, 5) is 15.5. The second kappa shape index (κ2) is 12.6. The zero-order valence-corrected chi connectivity index (χ0v) is 21.3. The summed E-state index contributed by atoms with van der Waals surface area (Å²) in [5.74, 6) is 0.262. The van der Waals surface area contributed by atoms with E-state index in [0.717, 1.165) is 35.6 Å². The van der Waals surface area contributed by atoms with E-state index in [1.165, 1.54) is 25.7 Å². The Bertz CT molecular complexity index is 1060. The molecule has 0 bridgehead atoms. The highest BCUT2D eigenvalue weighted by molar-refractivity contribution is 7.91. The number of pyridine rings is 1. The first-order chi connectivity index (χ1) is 15.9. The molecule has 0 unspecified atom stereocenters. The number of hydrogen-bond acceptors (Lipinski definition) is 7. The van der Waals surface area contributed by atoms with E-state index < -0.39 is 16.1 Å². The Kier molecular flexibility index (Phi) is 9.87. The van der Waals surface area contributed by atoms with Gasteiger partial charge in [0.05, 0.1) is 6.54 Å². The number of aromatic nitrogens is 1. The Morgan fingerprint density at radius 3 is 2.76 bits per heavy atom. The lowest BCUT2D eigenvalue weighted by Gasteiger charge is -2.31. The van der Waals surface area contributed by atoms with Crippen LogP contribution in [0, 0.1) is 4.64 Å². The SMILES string of the molecule is CCCCCCNC1CCN(S(=O)(=O)c2ccc(CNC(=O)Oc3ccc[nH]c3=S)s2)CC1. The number of unbranched alkanes of at least 4 members (excludes halogenated alkanes) is 3. The van der Waals surface area contributed by atoms with Gasteiger partial charge in [-0.3, -0.25) is 0 Å². The fraction of sp³-hybridized carbons (Fsp3) is 0.545. The normalized spacial score (nSPS) is 15.4. The average Bonchev–Trinajstić information content (AvgIpc) is 3.30. The standard InChI is InChI=1S/C22H32N4O4S3/c1-2-3-4-5-12-23-17-10-14-26(15-11-17)33(28,29)20-9-8-18(32-20)16-25-22(27)30-19-7-6-13-24-21(19)31/h6-9,13,17,23H,2-5,10-12,14-16H2,1H3,(H,24,31)(H,25,27). The molecule has 0 saturated carbocycles. The predicted molar refractivity (Wildman–Crippen MR) is 133 cm³/mol. The molecule has 1 fully saturated rings. The molecule has 11 heteroatoms. The first kappa shape index (κ1) is 25.8. The van der Waals surface area contributed by atoms with E-state index in [2.05, 4.69) is 22.5 Å². The molecular formula is C22H32N4O4S3. The van der Waals surface area contributed by atoms with Crippen LogP contribution in [0.25, 0.3) is 0 Å². The highest BCUT2D eigenvalue weighted by Gasteiger charge is 2.30. The number of H-pyrrole nitrogens is 1. The molecule has 8 nitrogen and oxygen atoms in total. The summed E-state index contributed by atoms with van der Waals surface area (Å²) >= 11 is 6.23. The number of piperidine rings is 1. The van der Waals surface area contributed by atoms with Crippen molar-refractivity contribution in [3.8, 4) is 5.75 Å². The molecule has 0 radical (unpaired) electrons. The van der Waals surface area contributed by atoms with E-state index in [-0.39, 0.29) is 12.3 Å². The highest BCUT2D eigenvalue weighted by Crippen LogP contribution is 2.27. The maximum absolute atomic E-state index is 13.0. The van der Waals surface area contributed by atoms with Crippen LogP contribution in [0.1, 0.15) is 50.3 Å². The van der Waals surface area contributed by atoms with Gasteiger partial charge in [0.1, 0.15) is 8.85 Å². The summed E-state index contributed by atoms with van der Waals surface area (Å²) in [7, 11) is -3.53. The van der Waals surface area contributed by atoms with Gasteiger partial charge in [-0.05, 0) is 50.1 Å². The molecule has 3 rings (SSSR count). The molecule has 0 atom stereocenters. The molecule has 2 aromatic heterocycles.